The van der Waals surface area contributed by atoms with E-state index in [4.69, 9.17) is 0 Å². The molecular formula is C19H31N3O2. The van der Waals surface area contributed by atoms with Crippen LogP contribution in [0.3, 0.4) is 0 Å². The monoisotopic (exact) mass is 333 g/mol. The number of urea groups is 1. The van der Waals surface area contributed by atoms with E-state index in [1.165, 1.54) is 36.4 Å². The number of nitrogens with one attached hydrogen (secondary N) is 1. The van der Waals surface area contributed by atoms with Gasteiger partial charge in [0.25, 0.3) is 0 Å². The molecule has 0 spiro atoms. The van der Waals surface area contributed by atoms with Crippen LogP contribution in [0.25, 0.3) is 0 Å². The van der Waals surface area contributed by atoms with Crippen LogP contribution in [0, 0.1) is 5.92 Å². The number of likely N-dealkylation sites (N-methyl/N-ethyl adjacent to an activating group) is 1. The van der Waals surface area contributed by atoms with Crippen LogP contribution in [0.15, 0.2) is 24.3 Å². The van der Waals surface area contributed by atoms with Crippen molar-refractivity contribution < 1.29 is 9.90 Å². The van der Waals surface area contributed by atoms with E-state index in [9.17, 15) is 9.90 Å². The second kappa shape index (κ2) is 9.04. The molecule has 2 rings (SSSR count). The molecule has 5 heteroatoms. The SMILES string of the molecule is CC(O)CN(C)C(=O)NCc1ccc(CN2CCCC(C)C2)cc1. The summed E-state index contributed by atoms with van der Waals surface area (Å²) in [6, 6.07) is 8.30. The van der Waals surface area contributed by atoms with E-state index in [0.717, 1.165) is 18.0 Å². The van der Waals surface area contributed by atoms with Crippen LogP contribution in [-0.4, -0.2) is 53.7 Å². The van der Waals surface area contributed by atoms with Crippen molar-refractivity contribution in [3.05, 3.63) is 35.4 Å². The number of carbonyl (C=O) groups excluding carboxylic acids is 1. The molecule has 24 heavy (non-hydrogen) atoms. The number of benzene rings is 1. The van der Waals surface area contributed by atoms with Crippen molar-refractivity contribution in [2.45, 2.75) is 45.9 Å². The molecule has 2 amide bonds. The second-order valence-corrected chi connectivity index (χ2v) is 7.19. The summed E-state index contributed by atoms with van der Waals surface area (Å²) < 4.78 is 0. The van der Waals surface area contributed by atoms with Crippen LogP contribution in [-0.2, 0) is 13.1 Å². The van der Waals surface area contributed by atoms with Crippen LogP contribution in [0.5, 0.6) is 0 Å². The number of nitrogens with zero attached hydrogens (tertiary/aromatic N) is 2. The highest BCUT2D eigenvalue weighted by molar-refractivity contribution is 5.73. The minimum atomic E-state index is -0.516. The van der Waals surface area contributed by atoms with E-state index in [2.05, 4.69) is 41.4 Å². The van der Waals surface area contributed by atoms with Gasteiger partial charge in [-0.2, -0.15) is 0 Å². The Balaban J connectivity index is 1.78. The van der Waals surface area contributed by atoms with Crippen molar-refractivity contribution in [1.29, 1.82) is 0 Å². The fourth-order valence-electron chi connectivity index (χ4n) is 3.24. The molecule has 1 aliphatic rings. The summed E-state index contributed by atoms with van der Waals surface area (Å²) in [6.45, 7) is 8.22. The van der Waals surface area contributed by atoms with Gasteiger partial charge in [-0.05, 0) is 43.4 Å². The first-order chi connectivity index (χ1) is 11.4. The first kappa shape index (κ1) is 18.7. The predicted molar refractivity (Wildman–Crippen MR) is 96.7 cm³/mol. The van der Waals surface area contributed by atoms with Gasteiger partial charge in [0.1, 0.15) is 0 Å². The highest BCUT2D eigenvalue weighted by Crippen LogP contribution is 2.18. The van der Waals surface area contributed by atoms with Gasteiger partial charge in [-0.3, -0.25) is 4.90 Å². The fraction of sp³-hybridized carbons (Fsp3) is 0.632. The number of aliphatic hydroxyl groups is 1. The van der Waals surface area contributed by atoms with E-state index >= 15 is 0 Å². The van der Waals surface area contributed by atoms with Gasteiger partial charge in [-0.1, -0.05) is 31.2 Å². The third kappa shape index (κ3) is 6.13. The molecular weight excluding hydrogens is 302 g/mol. The first-order valence-electron chi connectivity index (χ1n) is 8.91. The minimum absolute atomic E-state index is 0.165. The van der Waals surface area contributed by atoms with Crippen molar-refractivity contribution in [1.82, 2.24) is 15.1 Å². The topological polar surface area (TPSA) is 55.8 Å². The average Bonchev–Trinajstić information content (AvgIpc) is 2.53. The van der Waals surface area contributed by atoms with E-state index in [1.807, 2.05) is 0 Å². The zero-order valence-electron chi connectivity index (χ0n) is 15.2. The summed E-state index contributed by atoms with van der Waals surface area (Å²) in [7, 11) is 1.69. The Morgan fingerprint density at radius 3 is 2.67 bits per heavy atom. The number of likely N-dealkylation sites (tertiary alicyclic amines) is 1. The van der Waals surface area contributed by atoms with Crippen molar-refractivity contribution in [2.75, 3.05) is 26.7 Å². The van der Waals surface area contributed by atoms with E-state index in [-0.39, 0.29) is 6.03 Å². The Morgan fingerprint density at radius 2 is 2.04 bits per heavy atom. The third-order valence-electron chi connectivity index (χ3n) is 4.50. The van der Waals surface area contributed by atoms with Gasteiger partial charge in [0, 0.05) is 33.2 Å². The predicted octanol–water partition coefficient (Wildman–Crippen LogP) is 2.44. The number of rotatable bonds is 6. The molecule has 2 unspecified atom stereocenters. The molecule has 2 atom stereocenters. The maximum absolute atomic E-state index is 11.9. The van der Waals surface area contributed by atoms with Crippen molar-refractivity contribution in [3.63, 3.8) is 0 Å². The van der Waals surface area contributed by atoms with Crippen LogP contribution in [0.1, 0.15) is 37.8 Å². The number of hydrogen-bond donors (Lipinski definition) is 2. The zero-order chi connectivity index (χ0) is 17.5. The van der Waals surface area contributed by atoms with Gasteiger partial charge in [-0.15, -0.1) is 0 Å². The number of piperidine rings is 1. The van der Waals surface area contributed by atoms with E-state index < -0.39 is 6.10 Å². The summed E-state index contributed by atoms with van der Waals surface area (Å²) in [5.74, 6) is 0.798. The van der Waals surface area contributed by atoms with Gasteiger partial charge < -0.3 is 15.3 Å². The molecule has 0 radical (unpaired) electrons. The van der Waals surface area contributed by atoms with Crippen LogP contribution in [0.2, 0.25) is 0 Å². The molecule has 0 bridgehead atoms. The largest absolute Gasteiger partial charge is 0.392 e. The normalized spacial score (nSPS) is 19.8. The summed E-state index contributed by atoms with van der Waals surface area (Å²) in [5.41, 5.74) is 2.41. The Hall–Kier alpha value is -1.59. The molecule has 1 saturated heterocycles. The van der Waals surface area contributed by atoms with Gasteiger partial charge in [-0.25, -0.2) is 4.79 Å². The smallest absolute Gasteiger partial charge is 0.317 e. The Morgan fingerprint density at radius 1 is 1.38 bits per heavy atom. The molecule has 5 nitrogen and oxygen atoms in total. The van der Waals surface area contributed by atoms with Crippen LogP contribution < -0.4 is 5.32 Å². The molecule has 1 fully saturated rings. The zero-order valence-corrected chi connectivity index (χ0v) is 15.2. The van der Waals surface area contributed by atoms with Gasteiger partial charge in [0.2, 0.25) is 0 Å². The van der Waals surface area contributed by atoms with Gasteiger partial charge >= 0.3 is 6.03 Å². The summed E-state index contributed by atoms with van der Waals surface area (Å²) in [6.07, 6.45) is 2.13. The second-order valence-electron chi connectivity index (χ2n) is 7.19. The maximum atomic E-state index is 11.9. The minimum Gasteiger partial charge on any atom is -0.392 e. The van der Waals surface area contributed by atoms with Crippen LogP contribution in [0.4, 0.5) is 4.79 Å². The maximum Gasteiger partial charge on any atom is 0.317 e. The molecule has 0 aromatic heterocycles. The fourth-order valence-corrected chi connectivity index (χ4v) is 3.24. The summed E-state index contributed by atoms with van der Waals surface area (Å²) >= 11 is 0. The van der Waals surface area contributed by atoms with Crippen molar-refractivity contribution in [3.8, 4) is 0 Å². The Labute approximate surface area is 145 Å². The number of amides is 2. The van der Waals surface area contributed by atoms with Crippen LogP contribution >= 0.6 is 0 Å². The highest BCUT2D eigenvalue weighted by atomic mass is 16.3. The summed E-state index contributed by atoms with van der Waals surface area (Å²) in [5, 5.41) is 12.2. The lowest BCUT2D eigenvalue weighted by Crippen LogP contribution is -2.40. The molecule has 2 N–H and O–H groups in total. The quantitative estimate of drug-likeness (QED) is 0.841. The highest BCUT2D eigenvalue weighted by Gasteiger charge is 2.16. The molecule has 0 aliphatic carbocycles. The van der Waals surface area contributed by atoms with E-state index in [1.54, 1.807) is 14.0 Å². The molecule has 1 aromatic rings. The summed E-state index contributed by atoms with van der Waals surface area (Å²) in [4.78, 5) is 15.9. The standard InChI is InChI=1S/C19H31N3O2/c1-15-5-4-10-22(12-15)14-18-8-6-17(7-9-18)11-20-19(24)21(3)13-16(2)23/h6-9,15-16,23H,4-5,10-14H2,1-3H3,(H,20,24). The lowest BCUT2D eigenvalue weighted by molar-refractivity contribution is 0.143. The van der Waals surface area contributed by atoms with Gasteiger partial charge in [0.05, 0.1) is 6.10 Å². The van der Waals surface area contributed by atoms with Gasteiger partial charge in [0.15, 0.2) is 0 Å². The van der Waals surface area contributed by atoms with Crippen molar-refractivity contribution in [2.24, 2.45) is 5.92 Å². The van der Waals surface area contributed by atoms with E-state index in [0.29, 0.717) is 13.1 Å². The average molecular weight is 333 g/mol. The first-order valence-corrected chi connectivity index (χ1v) is 8.91. The number of hydrogen-bond acceptors (Lipinski definition) is 3. The lowest BCUT2D eigenvalue weighted by Gasteiger charge is -2.30. The lowest BCUT2D eigenvalue weighted by atomic mass is 9.99. The Bertz CT molecular complexity index is 516. The molecule has 0 saturated carbocycles. The number of aliphatic hydroxyl groups excluding tert-OH is 1. The molecule has 1 heterocycles. The molecule has 134 valence electrons. The molecule has 1 aromatic carbocycles. The van der Waals surface area contributed by atoms with Crippen molar-refractivity contribution >= 4 is 6.03 Å². The number of carbonyl (C=O) groups is 1. The Kier molecular flexibility index (Phi) is 7.06. The third-order valence-corrected chi connectivity index (χ3v) is 4.50. The molecule has 1 aliphatic heterocycles.